The molecule has 0 aliphatic carbocycles. The van der Waals surface area contributed by atoms with Gasteiger partial charge in [-0.2, -0.15) is 0 Å². The number of amides is 1. The van der Waals surface area contributed by atoms with E-state index in [0.717, 1.165) is 0 Å². The Morgan fingerprint density at radius 3 is 2.85 bits per heavy atom. The molecular weight excluding hydrogens is 350 g/mol. The van der Waals surface area contributed by atoms with Crippen LogP contribution in [0.3, 0.4) is 0 Å². The molecule has 0 bridgehead atoms. The van der Waals surface area contributed by atoms with Gasteiger partial charge in [0.15, 0.2) is 6.10 Å². The summed E-state index contributed by atoms with van der Waals surface area (Å²) in [4.78, 5) is 42.9. The summed E-state index contributed by atoms with van der Waals surface area (Å²) in [5.74, 6) is 0.0298. The van der Waals surface area contributed by atoms with Crippen molar-refractivity contribution in [1.82, 2.24) is 15.3 Å². The molecule has 1 atom stereocenters. The molecule has 0 saturated carbocycles. The first-order valence-corrected chi connectivity index (χ1v) is 8.50. The highest BCUT2D eigenvalue weighted by Gasteiger charge is 2.18. The van der Waals surface area contributed by atoms with Crippen LogP contribution in [0.15, 0.2) is 51.9 Å². The number of aromatic nitrogens is 2. The summed E-state index contributed by atoms with van der Waals surface area (Å²) in [6.07, 6.45) is 0.781. The molecule has 2 aromatic heterocycles. The second-order valence-corrected chi connectivity index (χ2v) is 5.96. The molecule has 2 heterocycles. The molecule has 0 fully saturated rings. The van der Waals surface area contributed by atoms with Crippen LogP contribution < -0.4 is 10.9 Å². The number of carbonyl (C=O) groups is 2. The zero-order valence-electron chi connectivity index (χ0n) is 14.7. The highest BCUT2D eigenvalue weighted by Crippen LogP contribution is 2.07. The SMILES string of the molecule is C[C@@H](OC(=O)CCc1nc2ccccc2c(=O)[nH]1)C(=O)NCc1ccco1. The van der Waals surface area contributed by atoms with Crippen LogP contribution in [-0.2, 0) is 27.3 Å². The lowest BCUT2D eigenvalue weighted by atomic mass is 10.2. The molecule has 1 aromatic carbocycles. The van der Waals surface area contributed by atoms with Crippen LogP contribution in [0.2, 0.25) is 0 Å². The summed E-state index contributed by atoms with van der Waals surface area (Å²) >= 11 is 0. The topological polar surface area (TPSA) is 114 Å². The standard InChI is InChI=1S/C19H19N3O5/c1-12(18(24)20-11-13-5-4-10-26-13)27-17(23)9-8-16-21-15-7-3-2-6-14(15)19(25)22-16/h2-7,10,12H,8-9,11H2,1H3,(H,20,24)(H,21,22,25)/t12-/m1/s1. The quantitative estimate of drug-likeness (QED) is 0.613. The third kappa shape index (κ3) is 4.81. The number of rotatable bonds is 7. The zero-order chi connectivity index (χ0) is 19.2. The number of aryl methyl sites for hydroxylation is 1. The second kappa shape index (κ2) is 8.31. The number of esters is 1. The molecule has 0 aliphatic heterocycles. The largest absolute Gasteiger partial charge is 0.467 e. The Morgan fingerprint density at radius 2 is 2.07 bits per heavy atom. The van der Waals surface area contributed by atoms with Crippen molar-refractivity contribution in [2.24, 2.45) is 0 Å². The lowest BCUT2D eigenvalue weighted by Crippen LogP contribution is -2.35. The Bertz CT molecular complexity index is 994. The van der Waals surface area contributed by atoms with E-state index in [2.05, 4.69) is 15.3 Å². The maximum atomic E-state index is 12.0. The summed E-state index contributed by atoms with van der Waals surface area (Å²) in [7, 11) is 0. The number of carbonyl (C=O) groups excluding carboxylic acids is 2. The molecule has 0 aliphatic rings. The van der Waals surface area contributed by atoms with Gasteiger partial charge in [-0.25, -0.2) is 4.98 Å². The van der Waals surface area contributed by atoms with E-state index in [-0.39, 0.29) is 24.9 Å². The first kappa shape index (κ1) is 18.4. The minimum Gasteiger partial charge on any atom is -0.467 e. The number of fused-ring (bicyclic) bond motifs is 1. The number of furan rings is 1. The summed E-state index contributed by atoms with van der Waals surface area (Å²) in [5, 5.41) is 3.11. The van der Waals surface area contributed by atoms with E-state index in [1.165, 1.54) is 13.2 Å². The average Bonchev–Trinajstić information content (AvgIpc) is 3.18. The monoisotopic (exact) mass is 369 g/mol. The highest BCUT2D eigenvalue weighted by atomic mass is 16.5. The van der Waals surface area contributed by atoms with Gasteiger partial charge in [0, 0.05) is 6.42 Å². The summed E-state index contributed by atoms with van der Waals surface area (Å²) < 4.78 is 10.2. The van der Waals surface area contributed by atoms with Crippen molar-refractivity contribution in [2.45, 2.75) is 32.4 Å². The molecule has 140 valence electrons. The lowest BCUT2D eigenvalue weighted by Gasteiger charge is -2.13. The van der Waals surface area contributed by atoms with Gasteiger partial charge in [0.05, 0.1) is 30.1 Å². The van der Waals surface area contributed by atoms with Gasteiger partial charge in [-0.1, -0.05) is 12.1 Å². The Kier molecular flexibility index (Phi) is 5.65. The average molecular weight is 369 g/mol. The Morgan fingerprint density at radius 1 is 1.26 bits per heavy atom. The van der Waals surface area contributed by atoms with Gasteiger partial charge < -0.3 is 19.5 Å². The summed E-state index contributed by atoms with van der Waals surface area (Å²) in [5.41, 5.74) is 0.310. The van der Waals surface area contributed by atoms with Gasteiger partial charge in [0.25, 0.3) is 11.5 Å². The van der Waals surface area contributed by atoms with Gasteiger partial charge in [-0.3, -0.25) is 14.4 Å². The Balaban J connectivity index is 1.50. The minimum atomic E-state index is -0.934. The van der Waals surface area contributed by atoms with Crippen molar-refractivity contribution >= 4 is 22.8 Å². The molecule has 2 N–H and O–H groups in total. The molecule has 27 heavy (non-hydrogen) atoms. The number of nitrogens with zero attached hydrogens (tertiary/aromatic N) is 1. The maximum absolute atomic E-state index is 12.0. The van der Waals surface area contributed by atoms with E-state index in [1.54, 1.807) is 36.4 Å². The molecule has 0 spiro atoms. The predicted octanol–water partition coefficient (Wildman–Crippen LogP) is 1.70. The molecule has 3 aromatic rings. The first-order valence-electron chi connectivity index (χ1n) is 8.50. The molecule has 0 saturated heterocycles. The Hall–Kier alpha value is -3.42. The van der Waals surface area contributed by atoms with Gasteiger partial charge in [-0.15, -0.1) is 0 Å². The number of nitrogens with one attached hydrogen (secondary N) is 2. The van der Waals surface area contributed by atoms with Crippen molar-refractivity contribution in [2.75, 3.05) is 0 Å². The van der Waals surface area contributed by atoms with Crippen LogP contribution >= 0.6 is 0 Å². The van der Waals surface area contributed by atoms with Crippen LogP contribution in [0.25, 0.3) is 10.9 Å². The van der Waals surface area contributed by atoms with Crippen LogP contribution in [0.1, 0.15) is 24.9 Å². The van der Waals surface area contributed by atoms with E-state index in [4.69, 9.17) is 9.15 Å². The van der Waals surface area contributed by atoms with Crippen LogP contribution in [0, 0.1) is 0 Å². The molecule has 1 amide bonds. The number of benzene rings is 1. The van der Waals surface area contributed by atoms with E-state index in [0.29, 0.717) is 22.5 Å². The number of hydrogen-bond acceptors (Lipinski definition) is 6. The van der Waals surface area contributed by atoms with E-state index >= 15 is 0 Å². The van der Waals surface area contributed by atoms with Gasteiger partial charge in [-0.05, 0) is 31.2 Å². The van der Waals surface area contributed by atoms with E-state index < -0.39 is 18.0 Å². The number of ether oxygens (including phenoxy) is 1. The molecule has 0 radical (unpaired) electrons. The van der Waals surface area contributed by atoms with Crippen molar-refractivity contribution in [3.8, 4) is 0 Å². The highest BCUT2D eigenvalue weighted by molar-refractivity contribution is 5.83. The number of aromatic amines is 1. The first-order chi connectivity index (χ1) is 13.0. The van der Waals surface area contributed by atoms with Gasteiger partial charge >= 0.3 is 5.97 Å². The molecule has 0 unspecified atom stereocenters. The van der Waals surface area contributed by atoms with Gasteiger partial charge in [0.2, 0.25) is 0 Å². The maximum Gasteiger partial charge on any atom is 0.307 e. The molecule has 8 heteroatoms. The minimum absolute atomic E-state index is 0.00289. The predicted molar refractivity (Wildman–Crippen MR) is 96.8 cm³/mol. The normalized spacial score (nSPS) is 11.9. The number of para-hydroxylation sites is 1. The third-order valence-electron chi connectivity index (χ3n) is 3.92. The van der Waals surface area contributed by atoms with E-state index in [1.807, 2.05) is 0 Å². The van der Waals surface area contributed by atoms with Gasteiger partial charge in [0.1, 0.15) is 11.6 Å². The van der Waals surface area contributed by atoms with Crippen molar-refractivity contribution in [3.05, 3.63) is 64.6 Å². The summed E-state index contributed by atoms with van der Waals surface area (Å²) in [6.45, 7) is 1.71. The van der Waals surface area contributed by atoms with Crippen molar-refractivity contribution in [3.63, 3.8) is 0 Å². The van der Waals surface area contributed by atoms with Crippen LogP contribution in [0.4, 0.5) is 0 Å². The fourth-order valence-corrected chi connectivity index (χ4v) is 2.51. The molecular formula is C19H19N3O5. The van der Waals surface area contributed by atoms with Crippen LogP contribution in [0.5, 0.6) is 0 Å². The number of H-pyrrole nitrogens is 1. The Labute approximate surface area is 154 Å². The fourth-order valence-electron chi connectivity index (χ4n) is 2.51. The van der Waals surface area contributed by atoms with E-state index in [9.17, 15) is 14.4 Å². The van der Waals surface area contributed by atoms with Crippen molar-refractivity contribution < 1.29 is 18.7 Å². The number of hydrogen-bond donors (Lipinski definition) is 2. The molecule has 8 nitrogen and oxygen atoms in total. The van der Waals surface area contributed by atoms with Crippen LogP contribution in [-0.4, -0.2) is 27.9 Å². The smallest absolute Gasteiger partial charge is 0.307 e. The zero-order valence-corrected chi connectivity index (χ0v) is 14.7. The molecule has 3 rings (SSSR count). The second-order valence-electron chi connectivity index (χ2n) is 5.96. The van der Waals surface area contributed by atoms with Crippen molar-refractivity contribution in [1.29, 1.82) is 0 Å². The third-order valence-corrected chi connectivity index (χ3v) is 3.92. The fraction of sp³-hybridized carbons (Fsp3) is 0.263. The summed E-state index contributed by atoms with van der Waals surface area (Å²) in [6, 6.07) is 10.4. The lowest BCUT2D eigenvalue weighted by molar-refractivity contribution is -0.154.